The number of hydrogen-bond acceptors (Lipinski definition) is 7. The van der Waals surface area contributed by atoms with Crippen molar-refractivity contribution in [2.45, 2.75) is 12.8 Å². The maximum absolute atomic E-state index is 10.5. The number of benzene rings is 2. The third-order valence-electron chi connectivity index (χ3n) is 4.74. The number of nitro groups is 1. The van der Waals surface area contributed by atoms with E-state index in [-0.39, 0.29) is 16.6 Å². The Labute approximate surface area is 282 Å². The van der Waals surface area contributed by atoms with Crippen LogP contribution in [0.3, 0.4) is 0 Å². The Morgan fingerprint density at radius 1 is 0.791 bits per heavy atom. The Kier molecular flexibility index (Phi) is 37.0. The predicted octanol–water partition coefficient (Wildman–Crippen LogP) is -0.765. The number of ether oxygens (including phenoxy) is 4. The molecule has 14 radical (unpaired) electrons. The Morgan fingerprint density at radius 3 is 1.51 bits per heavy atom. The minimum atomic E-state index is -0.826. The maximum atomic E-state index is 10.5. The van der Waals surface area contributed by atoms with Crippen LogP contribution >= 0.6 is 17.8 Å². The molecule has 0 aliphatic rings. The first-order valence-electron chi connectivity index (χ1n) is 12.3. The summed E-state index contributed by atoms with van der Waals surface area (Å²) in [6, 6.07) is 13.6. The van der Waals surface area contributed by atoms with Crippen LogP contribution in [-0.4, -0.2) is 147 Å². The van der Waals surface area contributed by atoms with E-state index in [1.807, 2.05) is 24.3 Å². The van der Waals surface area contributed by atoms with Gasteiger partial charge in [-0.05, 0) is 18.2 Å². The quantitative estimate of drug-likeness (QED) is 0.0878. The zero-order valence-electron chi connectivity index (χ0n) is 24.4. The summed E-state index contributed by atoms with van der Waals surface area (Å²) < 4.78 is 20.5. The number of anilines is 1. The standard InChI is InChI=1S/C10H13NO4.C10H15NO2.B10.2ClH.2H2O.Sn/c1-14-6-3-7-15-10-5-2-4-9(8-10)11(12)13;1-12-6-3-7-13-10-5-2-4-9(11)8-10;1-7(2)10(8(3)4)9(5)6;;;;;/h2,4-5,8H,3,6-7H2,1H3;2,4-5,8H,3,6-7,11H2,1H3;;2*1H;2*1H2;/q;;;;;;;+2/p-2. The van der Waals surface area contributed by atoms with Crippen LogP contribution in [0.15, 0.2) is 48.5 Å². The summed E-state index contributed by atoms with van der Waals surface area (Å²) in [5.74, 6) is 1.33. The zero-order chi connectivity index (χ0) is 31.6. The van der Waals surface area contributed by atoms with Gasteiger partial charge in [-0.1, -0.05) is 12.1 Å². The Bertz CT molecular complexity index is 920. The number of non-ortho nitro benzene ring substituents is 1. The molecule has 2 aromatic carbocycles. The fourth-order valence-electron chi connectivity index (χ4n) is 2.85. The van der Waals surface area contributed by atoms with E-state index in [0.29, 0.717) is 25.6 Å². The van der Waals surface area contributed by atoms with Crippen molar-refractivity contribution in [3.8, 4) is 11.5 Å². The van der Waals surface area contributed by atoms with Crippen molar-refractivity contribution in [2.75, 3.05) is 46.4 Å². The van der Waals surface area contributed by atoms with Crippen LogP contribution in [-0.2, 0) is 9.47 Å². The molecule has 0 saturated heterocycles. The molecule has 23 heteroatoms. The van der Waals surface area contributed by atoms with Crippen LogP contribution in [0.4, 0.5) is 11.4 Å². The molecule has 6 N–H and O–H groups in total. The number of nitro benzene ring substituents is 1. The molecule has 0 bridgehead atoms. The normalized spacial score (nSPS) is 8.84. The number of hydrogen-bond donors (Lipinski definition) is 1. The van der Waals surface area contributed by atoms with Gasteiger partial charge >= 0.3 is 36.7 Å². The molecule has 0 atom stereocenters. The van der Waals surface area contributed by atoms with Gasteiger partial charge in [0.1, 0.15) is 11.5 Å². The summed E-state index contributed by atoms with van der Waals surface area (Å²) in [6.07, 6.45) is -0.787. The number of nitrogen functional groups attached to an aromatic ring is 1. The molecule has 0 fully saturated rings. The van der Waals surface area contributed by atoms with E-state index in [9.17, 15) is 10.1 Å². The molecule has 2 aromatic rings. The third-order valence-corrected chi connectivity index (χ3v) is 4.74. The van der Waals surface area contributed by atoms with Gasteiger partial charge < -0.3 is 35.6 Å². The van der Waals surface area contributed by atoms with E-state index in [4.69, 9.17) is 88.9 Å². The second-order valence-corrected chi connectivity index (χ2v) is 12.3. The second-order valence-electron chi connectivity index (χ2n) is 8.10. The van der Waals surface area contributed by atoms with Gasteiger partial charge in [-0.15, -0.1) is 0 Å². The van der Waals surface area contributed by atoms with Gasteiger partial charge in [-0.3, -0.25) is 10.1 Å². The SMILES string of the molecule is COCCCOc1cccc(N)c1.COCCCOc1cccc([N+](=O)[O-])c1.O.O.[B]B([B])B(B([B])[B])B([B])[B].[Cl][Sn][Cl]. The molecule has 0 aliphatic carbocycles. The van der Waals surface area contributed by atoms with Crippen LogP contribution in [0.5, 0.6) is 11.5 Å². The van der Waals surface area contributed by atoms with Crippen molar-refractivity contribution in [3.05, 3.63) is 58.6 Å². The molecule has 43 heavy (non-hydrogen) atoms. The molecule has 2 rings (SSSR count). The van der Waals surface area contributed by atoms with Crippen molar-refractivity contribution < 1.29 is 34.8 Å². The van der Waals surface area contributed by atoms with Gasteiger partial charge in [-0.25, -0.2) is 0 Å². The molecule has 0 aromatic heterocycles. The van der Waals surface area contributed by atoms with Crippen molar-refractivity contribution in [1.82, 2.24) is 0 Å². The van der Waals surface area contributed by atoms with E-state index in [1.165, 1.54) is 12.1 Å². The molecule has 218 valence electrons. The van der Waals surface area contributed by atoms with E-state index in [2.05, 4.69) is 0 Å². The first-order valence-corrected chi connectivity index (χ1v) is 19.5. The molecule has 10 nitrogen and oxygen atoms in total. The Hall–Kier alpha value is -0.892. The van der Waals surface area contributed by atoms with Gasteiger partial charge in [0.2, 0.25) is 0 Å². The van der Waals surface area contributed by atoms with Crippen LogP contribution < -0.4 is 15.2 Å². The molecule has 0 saturated carbocycles. The van der Waals surface area contributed by atoms with Crippen LogP contribution in [0, 0.1) is 10.1 Å². The third kappa shape index (κ3) is 28.3. The number of methoxy groups -OCH3 is 2. The fourth-order valence-corrected chi connectivity index (χ4v) is 2.85. The number of rotatable bonds is 14. The summed E-state index contributed by atoms with van der Waals surface area (Å²) in [4.78, 5) is 10.0. The fraction of sp³-hybridized carbons (Fsp3) is 0.400. The monoisotopic (exact) mass is 728 g/mol. The Balaban J connectivity index is -0.000000252. The first kappa shape index (κ1) is 49.0. The average molecular weight is 726 g/mol. The number of nitrogens with two attached hydrogens (primary N) is 1. The molecule has 0 unspecified atom stereocenters. The molecule has 0 heterocycles. The van der Waals surface area contributed by atoms with Crippen LogP contribution in [0.1, 0.15) is 12.8 Å². The van der Waals surface area contributed by atoms with Crippen molar-refractivity contribution >= 4 is 120 Å². The predicted molar refractivity (Wildman–Crippen MR) is 190 cm³/mol. The summed E-state index contributed by atoms with van der Waals surface area (Å²) >= 11 is -0.826. The van der Waals surface area contributed by atoms with Gasteiger partial charge in [0, 0.05) is 130 Å². The van der Waals surface area contributed by atoms with E-state index in [1.54, 1.807) is 26.4 Å². The van der Waals surface area contributed by atoms with Crippen molar-refractivity contribution in [1.29, 1.82) is 0 Å². The summed E-state index contributed by atoms with van der Waals surface area (Å²) in [7, 11) is 44.9. The molecule has 0 spiro atoms. The van der Waals surface area contributed by atoms with E-state index < -0.39 is 49.4 Å². The Morgan fingerprint density at radius 2 is 1.19 bits per heavy atom. The van der Waals surface area contributed by atoms with Crippen molar-refractivity contribution in [2.24, 2.45) is 0 Å². The van der Waals surface area contributed by atoms with Gasteiger partial charge in [0.15, 0.2) is 0 Å². The topological polar surface area (TPSA) is 169 Å². The molecular formula is C20H32B10Cl2N2O8Sn. The number of nitrogens with zero attached hydrogens (tertiary/aromatic N) is 1. The summed E-state index contributed by atoms with van der Waals surface area (Å²) in [5, 5.41) is 10.5. The minimum absolute atomic E-state index is 0. The summed E-state index contributed by atoms with van der Waals surface area (Å²) in [5.41, 5.74) is 6.35. The molecule has 0 amide bonds. The van der Waals surface area contributed by atoms with E-state index >= 15 is 0 Å². The van der Waals surface area contributed by atoms with E-state index in [0.717, 1.165) is 30.9 Å². The van der Waals surface area contributed by atoms with Gasteiger partial charge in [-0.2, -0.15) is 0 Å². The molecule has 0 aliphatic heterocycles. The first-order chi connectivity index (χ1) is 19.4. The van der Waals surface area contributed by atoms with Gasteiger partial charge in [0.25, 0.3) is 5.69 Å². The molecular weight excluding hydrogens is 694 g/mol. The summed E-state index contributed by atoms with van der Waals surface area (Å²) in [6.45, 7) is 2.50. The second kappa shape index (κ2) is 32.5. The van der Waals surface area contributed by atoms with Crippen LogP contribution in [0.2, 0.25) is 0 Å². The van der Waals surface area contributed by atoms with Crippen LogP contribution in [0.25, 0.3) is 0 Å². The average Bonchev–Trinajstić information content (AvgIpc) is 2.90. The zero-order valence-corrected chi connectivity index (χ0v) is 28.7. The van der Waals surface area contributed by atoms with Gasteiger partial charge in [0.05, 0.1) is 24.2 Å². The number of halogens is 2. The van der Waals surface area contributed by atoms with Crippen molar-refractivity contribution in [3.63, 3.8) is 0 Å².